The number of rotatable bonds is 5. The van der Waals surface area contributed by atoms with E-state index < -0.39 is 0 Å². The highest BCUT2D eigenvalue weighted by molar-refractivity contribution is 5.77. The molecule has 0 bridgehead atoms. The SMILES string of the molecule is COc1ccc([C@H]2CCCN2Cc2nc3ccccc3c(=O)[nH]2)c(OC)c1. The Morgan fingerprint density at radius 3 is 2.85 bits per heavy atom. The molecule has 6 heteroatoms. The van der Waals surface area contributed by atoms with Gasteiger partial charge >= 0.3 is 0 Å². The molecule has 0 spiro atoms. The molecule has 1 aliphatic rings. The smallest absolute Gasteiger partial charge is 0.258 e. The van der Waals surface area contributed by atoms with Crippen LogP contribution in [0, 0.1) is 0 Å². The summed E-state index contributed by atoms with van der Waals surface area (Å²) in [6.45, 7) is 1.55. The largest absolute Gasteiger partial charge is 0.497 e. The fraction of sp³-hybridized carbons (Fsp3) is 0.333. The second-order valence-electron chi connectivity index (χ2n) is 6.77. The number of methoxy groups -OCH3 is 2. The summed E-state index contributed by atoms with van der Waals surface area (Å²) in [5.41, 5.74) is 1.78. The third-order valence-corrected chi connectivity index (χ3v) is 5.18. The number of likely N-dealkylation sites (tertiary alicyclic amines) is 1. The molecule has 0 unspecified atom stereocenters. The average Bonchev–Trinajstić information content (AvgIpc) is 3.15. The number of para-hydroxylation sites is 1. The third-order valence-electron chi connectivity index (χ3n) is 5.18. The molecule has 1 N–H and O–H groups in total. The normalized spacial score (nSPS) is 17.3. The van der Waals surface area contributed by atoms with Crippen LogP contribution in [0.5, 0.6) is 11.5 Å². The summed E-state index contributed by atoms with van der Waals surface area (Å²) in [4.78, 5) is 22.3. The van der Waals surface area contributed by atoms with Gasteiger partial charge in [0.05, 0.1) is 31.7 Å². The molecule has 0 amide bonds. The first kappa shape index (κ1) is 17.5. The minimum atomic E-state index is -0.0895. The highest BCUT2D eigenvalue weighted by Gasteiger charge is 2.29. The Hall–Kier alpha value is -2.86. The van der Waals surface area contributed by atoms with Crippen molar-refractivity contribution in [3.63, 3.8) is 0 Å². The zero-order valence-electron chi connectivity index (χ0n) is 15.6. The second-order valence-corrected chi connectivity index (χ2v) is 6.77. The first-order chi connectivity index (χ1) is 13.2. The molecule has 4 rings (SSSR count). The van der Waals surface area contributed by atoms with Gasteiger partial charge in [-0.05, 0) is 37.6 Å². The number of hydrogen-bond donors (Lipinski definition) is 1. The van der Waals surface area contributed by atoms with Crippen LogP contribution in [-0.4, -0.2) is 35.6 Å². The molecule has 1 atom stereocenters. The topological polar surface area (TPSA) is 67.5 Å². The van der Waals surface area contributed by atoms with Gasteiger partial charge in [-0.2, -0.15) is 0 Å². The molecule has 140 valence electrons. The van der Waals surface area contributed by atoms with Crippen molar-refractivity contribution in [2.45, 2.75) is 25.4 Å². The number of ether oxygens (including phenoxy) is 2. The lowest BCUT2D eigenvalue weighted by molar-refractivity contribution is 0.237. The third kappa shape index (κ3) is 3.40. The van der Waals surface area contributed by atoms with Crippen molar-refractivity contribution >= 4 is 10.9 Å². The molecule has 1 aliphatic heterocycles. The van der Waals surface area contributed by atoms with E-state index in [2.05, 4.69) is 20.9 Å². The van der Waals surface area contributed by atoms with Gasteiger partial charge in [-0.1, -0.05) is 18.2 Å². The van der Waals surface area contributed by atoms with Gasteiger partial charge in [-0.3, -0.25) is 9.69 Å². The van der Waals surface area contributed by atoms with E-state index in [9.17, 15) is 4.79 Å². The molecule has 1 fully saturated rings. The average molecular weight is 365 g/mol. The predicted molar refractivity (Wildman–Crippen MR) is 104 cm³/mol. The first-order valence-corrected chi connectivity index (χ1v) is 9.13. The maximum absolute atomic E-state index is 12.3. The molecule has 6 nitrogen and oxygen atoms in total. The summed E-state index contributed by atoms with van der Waals surface area (Å²) in [6.07, 6.45) is 2.14. The van der Waals surface area contributed by atoms with Crippen molar-refractivity contribution in [1.29, 1.82) is 0 Å². The van der Waals surface area contributed by atoms with Crippen LogP contribution in [0.3, 0.4) is 0 Å². The van der Waals surface area contributed by atoms with E-state index in [0.717, 1.165) is 42.0 Å². The van der Waals surface area contributed by atoms with Gasteiger partial charge < -0.3 is 14.5 Å². The quantitative estimate of drug-likeness (QED) is 0.752. The van der Waals surface area contributed by atoms with Gasteiger partial charge in [0.1, 0.15) is 17.3 Å². The fourth-order valence-electron chi connectivity index (χ4n) is 3.86. The van der Waals surface area contributed by atoms with Crippen LogP contribution in [0.1, 0.15) is 30.3 Å². The lowest BCUT2D eigenvalue weighted by atomic mass is 10.0. The molecule has 2 heterocycles. The van der Waals surface area contributed by atoms with Gasteiger partial charge in [0.25, 0.3) is 5.56 Å². The van der Waals surface area contributed by atoms with E-state index in [1.165, 1.54) is 0 Å². The molecule has 3 aromatic rings. The van der Waals surface area contributed by atoms with Crippen molar-refractivity contribution in [3.05, 3.63) is 64.2 Å². The van der Waals surface area contributed by atoms with E-state index in [1.807, 2.05) is 30.3 Å². The minimum Gasteiger partial charge on any atom is -0.497 e. The van der Waals surface area contributed by atoms with Crippen LogP contribution >= 0.6 is 0 Å². The Bertz CT molecular complexity index is 1010. The number of hydrogen-bond acceptors (Lipinski definition) is 5. The number of benzene rings is 2. The Balaban J connectivity index is 1.64. The number of fused-ring (bicyclic) bond motifs is 1. The van der Waals surface area contributed by atoms with Gasteiger partial charge in [0, 0.05) is 17.7 Å². The summed E-state index contributed by atoms with van der Waals surface area (Å²) >= 11 is 0. The summed E-state index contributed by atoms with van der Waals surface area (Å²) in [7, 11) is 3.33. The van der Waals surface area contributed by atoms with Crippen LogP contribution in [-0.2, 0) is 6.54 Å². The van der Waals surface area contributed by atoms with Crippen LogP contribution in [0.2, 0.25) is 0 Å². The Morgan fingerprint density at radius 1 is 1.19 bits per heavy atom. The first-order valence-electron chi connectivity index (χ1n) is 9.13. The summed E-state index contributed by atoms with van der Waals surface area (Å²) < 4.78 is 10.9. The fourth-order valence-corrected chi connectivity index (χ4v) is 3.86. The molecule has 0 radical (unpaired) electrons. The maximum atomic E-state index is 12.3. The molecular weight excluding hydrogens is 342 g/mol. The van der Waals surface area contributed by atoms with Crippen LogP contribution in [0.4, 0.5) is 0 Å². The van der Waals surface area contributed by atoms with E-state index in [4.69, 9.17) is 9.47 Å². The maximum Gasteiger partial charge on any atom is 0.258 e. The molecule has 1 aromatic heterocycles. The number of nitrogens with zero attached hydrogens (tertiary/aromatic N) is 2. The van der Waals surface area contributed by atoms with E-state index in [0.29, 0.717) is 17.8 Å². The van der Waals surface area contributed by atoms with E-state index in [-0.39, 0.29) is 11.6 Å². The summed E-state index contributed by atoms with van der Waals surface area (Å²) in [6, 6.07) is 13.6. The molecule has 27 heavy (non-hydrogen) atoms. The molecule has 0 aliphatic carbocycles. The van der Waals surface area contributed by atoms with Gasteiger partial charge in [0.2, 0.25) is 0 Å². The van der Waals surface area contributed by atoms with Crippen molar-refractivity contribution in [2.75, 3.05) is 20.8 Å². The second kappa shape index (κ2) is 7.40. The van der Waals surface area contributed by atoms with Crippen molar-refractivity contribution in [1.82, 2.24) is 14.9 Å². The van der Waals surface area contributed by atoms with Crippen molar-refractivity contribution in [3.8, 4) is 11.5 Å². The van der Waals surface area contributed by atoms with E-state index >= 15 is 0 Å². The minimum absolute atomic E-state index is 0.0895. The Labute approximate surface area is 157 Å². The van der Waals surface area contributed by atoms with Gasteiger partial charge in [-0.25, -0.2) is 4.98 Å². The summed E-state index contributed by atoms with van der Waals surface area (Å²) in [5, 5.41) is 0.621. The monoisotopic (exact) mass is 365 g/mol. The molecule has 1 saturated heterocycles. The zero-order valence-corrected chi connectivity index (χ0v) is 15.6. The highest BCUT2D eigenvalue weighted by atomic mass is 16.5. The van der Waals surface area contributed by atoms with Gasteiger partial charge in [-0.15, -0.1) is 0 Å². The van der Waals surface area contributed by atoms with Crippen molar-refractivity contribution < 1.29 is 9.47 Å². The Morgan fingerprint density at radius 2 is 2.04 bits per heavy atom. The number of aromatic nitrogens is 2. The molecule has 0 saturated carbocycles. The Kier molecular flexibility index (Phi) is 4.81. The van der Waals surface area contributed by atoms with Crippen LogP contribution < -0.4 is 15.0 Å². The van der Waals surface area contributed by atoms with Crippen LogP contribution in [0.15, 0.2) is 47.3 Å². The van der Waals surface area contributed by atoms with Crippen LogP contribution in [0.25, 0.3) is 10.9 Å². The van der Waals surface area contributed by atoms with Gasteiger partial charge in [0.15, 0.2) is 0 Å². The number of aromatic amines is 1. The lowest BCUT2D eigenvalue weighted by Crippen LogP contribution is -2.26. The molecular formula is C21H23N3O3. The number of H-pyrrole nitrogens is 1. The lowest BCUT2D eigenvalue weighted by Gasteiger charge is -2.26. The highest BCUT2D eigenvalue weighted by Crippen LogP contribution is 2.39. The number of nitrogens with one attached hydrogen (secondary N) is 1. The zero-order chi connectivity index (χ0) is 18.8. The van der Waals surface area contributed by atoms with E-state index in [1.54, 1.807) is 20.3 Å². The predicted octanol–water partition coefficient (Wildman–Crippen LogP) is 3.28. The molecule has 2 aromatic carbocycles. The standard InChI is InChI=1S/C21H23N3O3/c1-26-14-9-10-16(19(12-14)27-2)18-8-5-11-24(18)13-20-22-17-7-4-3-6-15(17)21(25)23-20/h3-4,6-7,9-10,12,18H,5,8,11,13H2,1-2H3,(H,22,23,25)/t18-/m1/s1. The summed E-state index contributed by atoms with van der Waals surface area (Å²) in [5.74, 6) is 2.30. The van der Waals surface area contributed by atoms with Crippen molar-refractivity contribution in [2.24, 2.45) is 0 Å².